The van der Waals surface area contributed by atoms with Gasteiger partial charge in [-0.2, -0.15) is 11.8 Å². The summed E-state index contributed by atoms with van der Waals surface area (Å²) in [4.78, 5) is 0.0688. The van der Waals surface area contributed by atoms with Crippen molar-refractivity contribution in [3.05, 3.63) is 29.6 Å². The normalized spacial score (nSPS) is 15.6. The zero-order valence-electron chi connectivity index (χ0n) is 12.3. The third-order valence-electron chi connectivity index (χ3n) is 3.49. The quantitative estimate of drug-likeness (QED) is 0.792. The van der Waals surface area contributed by atoms with Crippen molar-refractivity contribution < 1.29 is 12.8 Å². The van der Waals surface area contributed by atoms with Crippen LogP contribution in [0.15, 0.2) is 23.1 Å². The number of sulfonamides is 1. The van der Waals surface area contributed by atoms with E-state index in [4.69, 9.17) is 0 Å². The Morgan fingerprint density at radius 2 is 2.14 bits per heavy atom. The van der Waals surface area contributed by atoms with Crippen molar-refractivity contribution in [3.8, 4) is 0 Å². The van der Waals surface area contributed by atoms with Gasteiger partial charge in [-0.05, 0) is 36.8 Å². The van der Waals surface area contributed by atoms with Gasteiger partial charge in [0.05, 0.1) is 4.90 Å². The molecule has 7 heteroatoms. The van der Waals surface area contributed by atoms with Crippen molar-refractivity contribution in [2.24, 2.45) is 0 Å². The van der Waals surface area contributed by atoms with Crippen LogP contribution >= 0.6 is 11.8 Å². The van der Waals surface area contributed by atoms with E-state index in [2.05, 4.69) is 5.32 Å². The van der Waals surface area contributed by atoms with Gasteiger partial charge in [-0.1, -0.05) is 6.07 Å². The maximum atomic E-state index is 13.5. The van der Waals surface area contributed by atoms with Crippen molar-refractivity contribution in [1.29, 1.82) is 0 Å². The second kappa shape index (κ2) is 7.09. The average molecular weight is 332 g/mol. The first-order valence-corrected chi connectivity index (χ1v) is 9.75. The first-order chi connectivity index (χ1) is 9.95. The van der Waals surface area contributed by atoms with Crippen molar-refractivity contribution in [1.82, 2.24) is 9.62 Å². The topological polar surface area (TPSA) is 49.4 Å². The predicted molar refractivity (Wildman–Crippen MR) is 84.5 cm³/mol. The number of halogens is 1. The van der Waals surface area contributed by atoms with Crippen molar-refractivity contribution in [3.63, 3.8) is 0 Å². The SMILES string of the molecule is CSCCN(C)S(=O)(=O)c1cc(F)ccc1CNC1CC1. The van der Waals surface area contributed by atoms with Crippen LogP contribution in [0.1, 0.15) is 18.4 Å². The molecule has 1 aliphatic rings. The molecule has 21 heavy (non-hydrogen) atoms. The maximum absolute atomic E-state index is 13.5. The Morgan fingerprint density at radius 1 is 1.43 bits per heavy atom. The lowest BCUT2D eigenvalue weighted by molar-refractivity contribution is 0.485. The number of hydrogen-bond donors (Lipinski definition) is 1. The fraction of sp³-hybridized carbons (Fsp3) is 0.571. The Labute approximate surface area is 130 Å². The van der Waals surface area contributed by atoms with Gasteiger partial charge in [-0.15, -0.1) is 0 Å². The van der Waals surface area contributed by atoms with Gasteiger partial charge < -0.3 is 5.32 Å². The number of hydrogen-bond acceptors (Lipinski definition) is 4. The van der Waals surface area contributed by atoms with Crippen LogP contribution in [0.2, 0.25) is 0 Å². The fourth-order valence-corrected chi connectivity index (χ4v) is 3.94. The van der Waals surface area contributed by atoms with E-state index in [-0.39, 0.29) is 4.90 Å². The highest BCUT2D eigenvalue weighted by atomic mass is 32.2. The molecule has 0 aromatic heterocycles. The fourth-order valence-electron chi connectivity index (χ4n) is 1.96. The van der Waals surface area contributed by atoms with Crippen LogP contribution in [0.3, 0.4) is 0 Å². The van der Waals surface area contributed by atoms with Crippen molar-refractivity contribution in [2.75, 3.05) is 25.6 Å². The van der Waals surface area contributed by atoms with Gasteiger partial charge in [0, 0.05) is 31.9 Å². The molecule has 1 N–H and O–H groups in total. The smallest absolute Gasteiger partial charge is 0.243 e. The first kappa shape index (κ1) is 16.7. The van der Waals surface area contributed by atoms with Crippen LogP contribution in [0.4, 0.5) is 4.39 Å². The number of nitrogens with zero attached hydrogens (tertiary/aromatic N) is 1. The average Bonchev–Trinajstić information content (AvgIpc) is 3.27. The molecular formula is C14H21FN2O2S2. The van der Waals surface area contributed by atoms with E-state index in [1.165, 1.54) is 17.4 Å². The van der Waals surface area contributed by atoms with E-state index in [1.54, 1.807) is 17.8 Å². The summed E-state index contributed by atoms with van der Waals surface area (Å²) < 4.78 is 40.0. The summed E-state index contributed by atoms with van der Waals surface area (Å²) in [7, 11) is -2.12. The highest BCUT2D eigenvalue weighted by molar-refractivity contribution is 7.98. The van der Waals surface area contributed by atoms with E-state index in [9.17, 15) is 12.8 Å². The van der Waals surface area contributed by atoms with Crippen LogP contribution in [0.5, 0.6) is 0 Å². The summed E-state index contributed by atoms with van der Waals surface area (Å²) in [6.07, 6.45) is 4.17. The Balaban J connectivity index is 2.24. The molecule has 1 saturated carbocycles. The molecule has 2 rings (SSSR count). The third-order valence-corrected chi connectivity index (χ3v) is 6.02. The van der Waals surface area contributed by atoms with E-state index < -0.39 is 15.8 Å². The van der Waals surface area contributed by atoms with E-state index in [1.807, 2.05) is 6.26 Å². The lowest BCUT2D eigenvalue weighted by Gasteiger charge is -2.19. The lowest BCUT2D eigenvalue weighted by Crippen LogP contribution is -2.30. The molecule has 118 valence electrons. The summed E-state index contributed by atoms with van der Waals surface area (Å²) in [6, 6.07) is 4.46. The van der Waals surface area contributed by atoms with Gasteiger partial charge in [0.15, 0.2) is 0 Å². The van der Waals surface area contributed by atoms with Crippen LogP contribution < -0.4 is 5.32 Å². The van der Waals surface area contributed by atoms with E-state index in [0.717, 1.165) is 18.9 Å². The third kappa shape index (κ3) is 4.42. The van der Waals surface area contributed by atoms with E-state index >= 15 is 0 Å². The minimum absolute atomic E-state index is 0.0688. The molecule has 0 spiro atoms. The molecular weight excluding hydrogens is 311 g/mol. The molecule has 4 nitrogen and oxygen atoms in total. The summed E-state index contributed by atoms with van der Waals surface area (Å²) >= 11 is 1.58. The molecule has 0 atom stereocenters. The maximum Gasteiger partial charge on any atom is 0.243 e. The summed E-state index contributed by atoms with van der Waals surface area (Å²) in [5.41, 5.74) is 0.624. The Bertz CT molecular complexity index is 589. The molecule has 1 aliphatic carbocycles. The number of rotatable bonds is 8. The van der Waals surface area contributed by atoms with Gasteiger partial charge in [-0.3, -0.25) is 0 Å². The number of nitrogens with one attached hydrogen (secondary N) is 1. The molecule has 0 amide bonds. The Morgan fingerprint density at radius 3 is 2.76 bits per heavy atom. The minimum atomic E-state index is -3.65. The van der Waals surface area contributed by atoms with Crippen LogP contribution in [-0.4, -0.2) is 44.4 Å². The van der Waals surface area contributed by atoms with Gasteiger partial charge in [-0.25, -0.2) is 17.1 Å². The summed E-state index contributed by atoms with van der Waals surface area (Å²) in [6.45, 7) is 0.866. The molecule has 0 saturated heterocycles. The Hall–Kier alpha value is -0.630. The van der Waals surface area contributed by atoms with Gasteiger partial charge in [0.1, 0.15) is 5.82 Å². The molecule has 1 aromatic carbocycles. The first-order valence-electron chi connectivity index (χ1n) is 6.92. The number of benzene rings is 1. The van der Waals surface area contributed by atoms with Gasteiger partial charge in [0.25, 0.3) is 0 Å². The van der Waals surface area contributed by atoms with Crippen molar-refractivity contribution >= 4 is 21.8 Å². The van der Waals surface area contributed by atoms with Gasteiger partial charge >= 0.3 is 0 Å². The zero-order chi connectivity index (χ0) is 15.5. The second-order valence-electron chi connectivity index (χ2n) is 5.23. The van der Waals surface area contributed by atoms with Crippen molar-refractivity contribution in [2.45, 2.75) is 30.3 Å². The highest BCUT2D eigenvalue weighted by Gasteiger charge is 2.26. The number of thioether (sulfide) groups is 1. The lowest BCUT2D eigenvalue weighted by atomic mass is 10.2. The summed E-state index contributed by atoms with van der Waals surface area (Å²) in [5, 5.41) is 3.28. The Kier molecular flexibility index (Phi) is 5.65. The van der Waals surface area contributed by atoms with Crippen LogP contribution in [0.25, 0.3) is 0 Å². The van der Waals surface area contributed by atoms with Crippen LogP contribution in [-0.2, 0) is 16.6 Å². The minimum Gasteiger partial charge on any atom is -0.310 e. The molecule has 0 aliphatic heterocycles. The molecule has 0 bridgehead atoms. The monoisotopic (exact) mass is 332 g/mol. The predicted octanol–water partition coefficient (Wildman–Crippen LogP) is 2.06. The second-order valence-corrected chi connectivity index (χ2v) is 8.23. The van der Waals surface area contributed by atoms with Gasteiger partial charge in [0.2, 0.25) is 10.0 Å². The molecule has 1 fully saturated rings. The molecule has 0 heterocycles. The molecule has 1 aromatic rings. The largest absolute Gasteiger partial charge is 0.310 e. The van der Waals surface area contributed by atoms with E-state index in [0.29, 0.717) is 30.4 Å². The highest BCUT2D eigenvalue weighted by Crippen LogP contribution is 2.24. The van der Waals surface area contributed by atoms with Crippen LogP contribution in [0, 0.1) is 5.82 Å². The standard InChI is InChI=1S/C14H21FN2O2S2/c1-17(7-8-20-2)21(18,19)14-9-12(15)4-3-11(14)10-16-13-5-6-13/h3-4,9,13,16H,5-8,10H2,1-2H3. The molecule has 0 radical (unpaired) electrons. The molecule has 0 unspecified atom stereocenters. The zero-order valence-corrected chi connectivity index (χ0v) is 13.9. The summed E-state index contributed by atoms with van der Waals surface area (Å²) in [5.74, 6) is 0.183.